The third-order valence-corrected chi connectivity index (χ3v) is 4.76. The maximum Gasteiger partial charge on any atom is 0.150 e. The van der Waals surface area contributed by atoms with Gasteiger partial charge in [0.1, 0.15) is 6.29 Å². The second kappa shape index (κ2) is 14.2. The molecule has 1 atom stereocenters. The monoisotopic (exact) mass is 356 g/mol. The third-order valence-electron chi connectivity index (χ3n) is 4.76. The van der Waals surface area contributed by atoms with Crippen molar-refractivity contribution in [2.75, 3.05) is 14.1 Å². The lowest BCUT2D eigenvalue weighted by Gasteiger charge is -2.25. The van der Waals surface area contributed by atoms with Gasteiger partial charge in [0.15, 0.2) is 0 Å². The minimum absolute atomic E-state index is 0.506. The Balaban J connectivity index is 0.000000458. The number of hydrogen-bond donors (Lipinski definition) is 2. The van der Waals surface area contributed by atoms with E-state index < -0.39 is 0 Å². The van der Waals surface area contributed by atoms with Gasteiger partial charge in [-0.05, 0) is 50.6 Å². The second-order valence-corrected chi connectivity index (χ2v) is 6.16. The van der Waals surface area contributed by atoms with Gasteiger partial charge in [0.25, 0.3) is 0 Å². The van der Waals surface area contributed by atoms with Crippen molar-refractivity contribution in [3.05, 3.63) is 70.8 Å². The van der Waals surface area contributed by atoms with Crippen molar-refractivity contribution in [3.63, 3.8) is 0 Å². The largest absolute Gasteiger partial charge is 0.333 e. The van der Waals surface area contributed by atoms with Gasteiger partial charge in [0.05, 0.1) is 0 Å². The Kier molecular flexibility index (Phi) is 13.1. The number of aldehydes is 1. The van der Waals surface area contributed by atoms with Crippen LogP contribution in [0.15, 0.2) is 48.5 Å². The van der Waals surface area contributed by atoms with E-state index in [9.17, 15) is 4.79 Å². The second-order valence-electron chi connectivity index (χ2n) is 6.16. The van der Waals surface area contributed by atoms with Crippen LogP contribution in [-0.4, -0.2) is 20.4 Å². The molecule has 0 aromatic heterocycles. The molecule has 144 valence electrons. The van der Waals surface area contributed by atoms with Crippen molar-refractivity contribution >= 4 is 6.29 Å². The van der Waals surface area contributed by atoms with Crippen LogP contribution in [0, 0.1) is 19.8 Å². The molecule has 0 bridgehead atoms. The molecule has 26 heavy (non-hydrogen) atoms. The van der Waals surface area contributed by atoms with E-state index in [1.807, 2.05) is 32.0 Å². The van der Waals surface area contributed by atoms with Gasteiger partial charge in [-0.3, -0.25) is 4.79 Å². The molecule has 2 aromatic rings. The molecule has 0 saturated carbocycles. The standard InChI is InChI=1S/C13H21N.C9H10O.CH5N/c1-4-11(5-2)13(14-3)12-9-7-6-8-10-12;1-7-4-3-5-9(6-10)8(7)2;1-2/h6-11,13-14H,4-5H2,1-3H3;3-6H,1-2H3;2H2,1H3. The van der Waals surface area contributed by atoms with Gasteiger partial charge in [-0.25, -0.2) is 0 Å². The van der Waals surface area contributed by atoms with Gasteiger partial charge in [0, 0.05) is 11.6 Å². The van der Waals surface area contributed by atoms with E-state index in [0.717, 1.165) is 23.3 Å². The highest BCUT2D eigenvalue weighted by atomic mass is 16.1. The maximum absolute atomic E-state index is 10.4. The molecule has 3 heteroatoms. The predicted octanol–water partition coefficient (Wildman–Crippen LogP) is 5.07. The Morgan fingerprint density at radius 2 is 1.54 bits per heavy atom. The first-order chi connectivity index (χ1) is 12.6. The summed E-state index contributed by atoms with van der Waals surface area (Å²) in [6, 6.07) is 16.9. The quantitative estimate of drug-likeness (QED) is 0.710. The van der Waals surface area contributed by atoms with E-state index in [1.165, 1.54) is 31.0 Å². The first kappa shape index (κ1) is 24.0. The molecule has 0 aliphatic heterocycles. The predicted molar refractivity (Wildman–Crippen MR) is 114 cm³/mol. The molecule has 0 heterocycles. The van der Waals surface area contributed by atoms with Crippen LogP contribution in [-0.2, 0) is 0 Å². The highest BCUT2D eigenvalue weighted by Crippen LogP contribution is 2.26. The van der Waals surface area contributed by atoms with Crippen molar-refractivity contribution in [1.82, 2.24) is 5.32 Å². The first-order valence-electron chi connectivity index (χ1n) is 9.40. The number of aryl methyl sites for hydroxylation is 1. The molecule has 0 aliphatic rings. The molecule has 3 nitrogen and oxygen atoms in total. The van der Waals surface area contributed by atoms with Crippen LogP contribution in [0.1, 0.15) is 59.8 Å². The van der Waals surface area contributed by atoms with E-state index in [1.54, 1.807) is 0 Å². The molecule has 2 aromatic carbocycles. The number of carbonyl (C=O) groups is 1. The van der Waals surface area contributed by atoms with Gasteiger partial charge in [-0.1, -0.05) is 75.2 Å². The van der Waals surface area contributed by atoms with Crippen LogP contribution in [0.3, 0.4) is 0 Å². The number of nitrogens with two attached hydrogens (primary N) is 1. The maximum atomic E-state index is 10.4. The Bertz CT molecular complexity index is 607. The fraction of sp³-hybridized carbons (Fsp3) is 0.435. The van der Waals surface area contributed by atoms with Gasteiger partial charge in [-0.2, -0.15) is 0 Å². The van der Waals surface area contributed by atoms with Crippen LogP contribution >= 0.6 is 0 Å². The van der Waals surface area contributed by atoms with E-state index in [0.29, 0.717) is 6.04 Å². The zero-order chi connectivity index (χ0) is 19.9. The Morgan fingerprint density at radius 3 is 1.96 bits per heavy atom. The number of benzene rings is 2. The molecule has 3 N–H and O–H groups in total. The first-order valence-corrected chi connectivity index (χ1v) is 9.40. The number of hydrogen-bond acceptors (Lipinski definition) is 3. The molecule has 0 aliphatic carbocycles. The molecule has 1 unspecified atom stereocenters. The number of carbonyl (C=O) groups excluding carboxylic acids is 1. The Hall–Kier alpha value is -1.97. The minimum Gasteiger partial charge on any atom is -0.333 e. The lowest BCUT2D eigenvalue weighted by atomic mass is 9.89. The topological polar surface area (TPSA) is 55.1 Å². The van der Waals surface area contributed by atoms with Crippen LogP contribution in [0.25, 0.3) is 0 Å². The van der Waals surface area contributed by atoms with Gasteiger partial charge in [-0.15, -0.1) is 0 Å². The molecule has 0 fully saturated rings. The van der Waals surface area contributed by atoms with E-state index in [2.05, 4.69) is 62.3 Å². The SMILES string of the molecule is CCC(CC)C(NC)c1ccccc1.CN.Cc1cccc(C=O)c1C. The highest BCUT2D eigenvalue weighted by molar-refractivity contribution is 5.77. The molecule has 0 spiro atoms. The van der Waals surface area contributed by atoms with E-state index in [-0.39, 0.29) is 0 Å². The average Bonchev–Trinajstić information content (AvgIpc) is 2.71. The lowest BCUT2D eigenvalue weighted by Crippen LogP contribution is -2.24. The summed E-state index contributed by atoms with van der Waals surface area (Å²) in [6.07, 6.45) is 3.36. The van der Waals surface area contributed by atoms with Crippen molar-refractivity contribution in [3.8, 4) is 0 Å². The Morgan fingerprint density at radius 1 is 0.962 bits per heavy atom. The normalized spacial score (nSPS) is 10.9. The van der Waals surface area contributed by atoms with Crippen LogP contribution in [0.2, 0.25) is 0 Å². The zero-order valence-electron chi connectivity index (χ0n) is 17.3. The summed E-state index contributed by atoms with van der Waals surface area (Å²) >= 11 is 0. The van der Waals surface area contributed by atoms with Gasteiger partial charge in [0.2, 0.25) is 0 Å². The van der Waals surface area contributed by atoms with Gasteiger partial charge >= 0.3 is 0 Å². The summed E-state index contributed by atoms with van der Waals surface area (Å²) in [6.45, 7) is 8.49. The summed E-state index contributed by atoms with van der Waals surface area (Å²) in [4.78, 5) is 10.4. The molecule has 0 radical (unpaired) electrons. The van der Waals surface area contributed by atoms with Crippen molar-refractivity contribution in [2.45, 2.75) is 46.6 Å². The Labute approximate surface area is 160 Å². The molecular formula is C23H36N2O. The van der Waals surface area contributed by atoms with Crippen LogP contribution in [0.5, 0.6) is 0 Å². The van der Waals surface area contributed by atoms with Crippen molar-refractivity contribution in [1.29, 1.82) is 0 Å². The summed E-state index contributed by atoms with van der Waals surface area (Å²) in [5.74, 6) is 0.738. The van der Waals surface area contributed by atoms with E-state index in [4.69, 9.17) is 0 Å². The third kappa shape index (κ3) is 7.51. The molecule has 0 saturated heterocycles. The molecule has 0 amide bonds. The van der Waals surface area contributed by atoms with Crippen molar-refractivity contribution in [2.24, 2.45) is 11.7 Å². The smallest absolute Gasteiger partial charge is 0.150 e. The number of rotatable bonds is 6. The minimum atomic E-state index is 0.506. The average molecular weight is 357 g/mol. The fourth-order valence-corrected chi connectivity index (χ4v) is 3.00. The van der Waals surface area contributed by atoms with Crippen LogP contribution < -0.4 is 11.1 Å². The fourth-order valence-electron chi connectivity index (χ4n) is 3.00. The summed E-state index contributed by atoms with van der Waals surface area (Å²) in [5.41, 5.74) is 8.95. The zero-order valence-corrected chi connectivity index (χ0v) is 17.3. The summed E-state index contributed by atoms with van der Waals surface area (Å²) in [5, 5.41) is 3.42. The molecule has 2 rings (SSSR count). The summed E-state index contributed by atoms with van der Waals surface area (Å²) < 4.78 is 0. The van der Waals surface area contributed by atoms with Crippen LogP contribution in [0.4, 0.5) is 0 Å². The van der Waals surface area contributed by atoms with Crippen molar-refractivity contribution < 1.29 is 4.79 Å². The highest BCUT2D eigenvalue weighted by Gasteiger charge is 2.17. The number of nitrogens with one attached hydrogen (secondary N) is 1. The lowest BCUT2D eigenvalue weighted by molar-refractivity contribution is 0.112. The summed E-state index contributed by atoms with van der Waals surface area (Å²) in [7, 11) is 3.55. The molecular weight excluding hydrogens is 320 g/mol. The van der Waals surface area contributed by atoms with Gasteiger partial charge < -0.3 is 11.1 Å². The van der Waals surface area contributed by atoms with E-state index >= 15 is 0 Å².